The summed E-state index contributed by atoms with van der Waals surface area (Å²) >= 11 is 3.08. The molecule has 0 aromatic rings. The molecule has 11 N–H and O–H groups in total. The van der Waals surface area contributed by atoms with Gasteiger partial charge in [-0.3, -0.25) is 68.0 Å². The van der Waals surface area contributed by atoms with Crippen LogP contribution >= 0.6 is 15.9 Å². The second-order valence-electron chi connectivity index (χ2n) is 16.0. The Morgan fingerprint density at radius 1 is 0.662 bits per heavy atom. The molecule has 0 unspecified atom stereocenters. The van der Waals surface area contributed by atoms with Gasteiger partial charge in [-0.15, -0.1) is 0 Å². The Bertz CT molecular complexity index is 1760. The number of nitrogens with zero attached hydrogens (tertiary/aromatic N) is 2. The Kier molecular flexibility index (Phi) is 24.1. The van der Waals surface area contributed by atoms with Crippen LogP contribution in [-0.4, -0.2) is 168 Å². The summed E-state index contributed by atoms with van der Waals surface area (Å²) < 4.78 is 0. The lowest BCUT2D eigenvalue weighted by molar-refractivity contribution is -0.147. The number of carbonyl (C=O) groups is 12. The number of aliphatic carboxylic acids is 3. The first kappa shape index (κ1) is 57.1. The van der Waals surface area contributed by atoms with Gasteiger partial charge in [-0.05, 0) is 44.4 Å². The number of alkyl halides is 1. The summed E-state index contributed by atoms with van der Waals surface area (Å²) in [6, 6.07) is -11.1. The highest BCUT2D eigenvalue weighted by molar-refractivity contribution is 9.09. The summed E-state index contributed by atoms with van der Waals surface area (Å²) in [4.78, 5) is 155. The van der Waals surface area contributed by atoms with E-state index in [1.54, 1.807) is 13.8 Å². The second-order valence-corrected chi connectivity index (χ2v) is 16.6. The van der Waals surface area contributed by atoms with E-state index in [0.29, 0.717) is 12.8 Å². The van der Waals surface area contributed by atoms with Crippen LogP contribution in [-0.2, 0) is 57.5 Å². The Balaban J connectivity index is 3.35. The van der Waals surface area contributed by atoms with Crippen molar-refractivity contribution in [2.24, 2.45) is 11.8 Å². The largest absolute Gasteiger partial charge is 0.481 e. The standard InChI is InChI=1S/C39H62BrN9O16/c1-8-13-49(26(52)17-40)47-36(62)25-10-9-14-48(25)39(65)31(19(4)5)45-37(63)30(18(2)3)44-35(61)24(16-29(57)58)43-33(59)22(11-12-27(53)54)42-38(64)32(20(6)50)46-34(60)23(15-28(55)56)41-21(7)51/h18-20,22-25,30-32,50H,8-17H2,1-7H3,(H,41,51)(H,42,64)(H,43,59)(H,44,61)(H,45,63)(H,46,60)(H,47,62)(H,53,54)(H,55,56)(H,57,58)/t20-,22+,23+,24+,25+,30+,31+,32+/m1/s1. The molecule has 1 heterocycles. The van der Waals surface area contributed by atoms with Crippen LogP contribution in [0, 0.1) is 11.8 Å². The van der Waals surface area contributed by atoms with E-state index in [9.17, 15) is 72.9 Å². The molecular formula is C39H62BrN9O16. The van der Waals surface area contributed by atoms with Crippen LogP contribution in [0.2, 0.25) is 0 Å². The summed E-state index contributed by atoms with van der Waals surface area (Å²) in [7, 11) is 0. The van der Waals surface area contributed by atoms with Gasteiger partial charge < -0.3 is 57.2 Å². The van der Waals surface area contributed by atoms with Crippen LogP contribution in [0.3, 0.4) is 0 Å². The fourth-order valence-electron chi connectivity index (χ4n) is 6.52. The van der Waals surface area contributed by atoms with Gasteiger partial charge in [-0.25, -0.2) is 0 Å². The molecule has 26 heteroatoms. The van der Waals surface area contributed by atoms with E-state index in [0.717, 1.165) is 18.9 Å². The number of aliphatic hydroxyl groups excluding tert-OH is 1. The number of rotatable bonds is 26. The van der Waals surface area contributed by atoms with Crippen molar-refractivity contribution in [3.05, 3.63) is 0 Å². The number of carboxylic acids is 3. The van der Waals surface area contributed by atoms with Crippen LogP contribution < -0.4 is 37.3 Å². The molecule has 366 valence electrons. The highest BCUT2D eigenvalue weighted by Gasteiger charge is 2.41. The molecular weight excluding hydrogens is 930 g/mol. The van der Waals surface area contributed by atoms with Crippen LogP contribution in [0.5, 0.6) is 0 Å². The van der Waals surface area contributed by atoms with Crippen LogP contribution in [0.25, 0.3) is 0 Å². The molecule has 9 amide bonds. The lowest BCUT2D eigenvalue weighted by Crippen LogP contribution is -2.62. The van der Waals surface area contributed by atoms with Gasteiger partial charge >= 0.3 is 17.9 Å². The fraction of sp³-hybridized carbons (Fsp3) is 0.692. The number of hydrazine groups is 1. The maximum Gasteiger partial charge on any atom is 0.305 e. The number of nitrogens with one attached hydrogen (secondary N) is 7. The molecule has 0 spiro atoms. The average molecular weight is 993 g/mol. The van der Waals surface area contributed by atoms with Gasteiger partial charge in [0.25, 0.3) is 11.8 Å². The zero-order valence-corrected chi connectivity index (χ0v) is 38.9. The number of amides is 9. The Morgan fingerprint density at radius 2 is 1.14 bits per heavy atom. The molecule has 0 saturated carbocycles. The SMILES string of the molecule is CCCN(NC(=O)[C@@H]1CCCN1C(=O)[C@@H](NC(=O)[C@@H](NC(=O)[C@H](CC(=O)O)NC(=O)[C@H](CCC(=O)O)NC(=O)[C@@H](NC(=O)[C@H](CC(=O)O)NC(C)=O)[C@@H](C)O)C(C)C)C(C)C)C(=O)CBr. The minimum absolute atomic E-state index is 0.0538. The smallest absolute Gasteiger partial charge is 0.305 e. The summed E-state index contributed by atoms with van der Waals surface area (Å²) in [5.41, 5.74) is 2.57. The van der Waals surface area contributed by atoms with Crippen LogP contribution in [0.15, 0.2) is 0 Å². The van der Waals surface area contributed by atoms with E-state index in [4.69, 9.17) is 5.11 Å². The molecule has 0 bridgehead atoms. The first-order valence-corrected chi connectivity index (χ1v) is 22.0. The van der Waals surface area contributed by atoms with E-state index < -0.39 is 157 Å². The quantitative estimate of drug-likeness (QED) is 0.0305. The van der Waals surface area contributed by atoms with Gasteiger partial charge in [0.2, 0.25) is 41.4 Å². The predicted molar refractivity (Wildman–Crippen MR) is 229 cm³/mol. The Morgan fingerprint density at radius 3 is 1.60 bits per heavy atom. The van der Waals surface area contributed by atoms with E-state index in [-0.39, 0.29) is 24.8 Å². The third-order valence-electron chi connectivity index (χ3n) is 9.85. The molecule has 0 radical (unpaired) electrons. The Hall–Kier alpha value is -5.92. The van der Waals surface area contributed by atoms with Crippen molar-refractivity contribution >= 4 is 87.0 Å². The summed E-state index contributed by atoms with van der Waals surface area (Å²) in [5.74, 6) is -14.2. The first-order valence-electron chi connectivity index (χ1n) is 20.9. The predicted octanol–water partition coefficient (Wildman–Crippen LogP) is -2.92. The van der Waals surface area contributed by atoms with E-state index >= 15 is 0 Å². The van der Waals surface area contributed by atoms with Crippen molar-refractivity contribution in [2.75, 3.05) is 18.4 Å². The Labute approximate surface area is 383 Å². The molecule has 65 heavy (non-hydrogen) atoms. The normalized spacial score (nSPS) is 16.6. The van der Waals surface area contributed by atoms with Gasteiger partial charge in [0.15, 0.2) is 0 Å². The van der Waals surface area contributed by atoms with Gasteiger partial charge in [0.1, 0.15) is 42.3 Å². The minimum Gasteiger partial charge on any atom is -0.481 e. The van der Waals surface area contributed by atoms with Gasteiger partial charge in [-0.1, -0.05) is 50.5 Å². The van der Waals surface area contributed by atoms with Crippen molar-refractivity contribution < 1.29 is 78.0 Å². The van der Waals surface area contributed by atoms with Crippen molar-refractivity contribution in [2.45, 2.75) is 142 Å². The van der Waals surface area contributed by atoms with Crippen LogP contribution in [0.1, 0.15) is 93.4 Å². The first-order chi connectivity index (χ1) is 30.2. The third kappa shape index (κ3) is 19.0. The number of halogens is 1. The van der Waals surface area contributed by atoms with Gasteiger partial charge in [-0.2, -0.15) is 0 Å². The van der Waals surface area contributed by atoms with Crippen molar-refractivity contribution in [1.29, 1.82) is 0 Å². The minimum atomic E-state index is -1.96. The van der Waals surface area contributed by atoms with Crippen LogP contribution in [0.4, 0.5) is 0 Å². The molecule has 1 fully saturated rings. The van der Waals surface area contributed by atoms with E-state index in [1.807, 2.05) is 6.92 Å². The zero-order chi connectivity index (χ0) is 49.9. The van der Waals surface area contributed by atoms with Gasteiger partial charge in [0, 0.05) is 26.4 Å². The number of hydrogen-bond acceptors (Lipinski definition) is 13. The third-order valence-corrected chi connectivity index (χ3v) is 10.3. The molecule has 1 aliphatic heterocycles. The van der Waals surface area contributed by atoms with E-state index in [2.05, 4.69) is 53.3 Å². The van der Waals surface area contributed by atoms with Crippen molar-refractivity contribution in [3.8, 4) is 0 Å². The second kappa shape index (κ2) is 27.4. The topological polar surface area (TPSA) is 376 Å². The highest BCUT2D eigenvalue weighted by Crippen LogP contribution is 2.21. The number of likely N-dealkylation sites (tertiary alicyclic amines) is 1. The maximum atomic E-state index is 14.0. The molecule has 1 rings (SSSR count). The van der Waals surface area contributed by atoms with E-state index in [1.165, 1.54) is 18.7 Å². The molecule has 0 aromatic carbocycles. The number of aliphatic hydroxyl groups is 1. The molecule has 25 nitrogen and oxygen atoms in total. The number of carbonyl (C=O) groups excluding carboxylic acids is 9. The summed E-state index contributed by atoms with van der Waals surface area (Å²) in [5, 5.41) is 53.0. The summed E-state index contributed by atoms with van der Waals surface area (Å²) in [6.07, 6.45) is -3.94. The number of carboxylic acid groups (broad SMARTS) is 3. The maximum absolute atomic E-state index is 14.0. The fourth-order valence-corrected chi connectivity index (χ4v) is 6.82. The summed E-state index contributed by atoms with van der Waals surface area (Å²) in [6.45, 7) is 10.5. The lowest BCUT2D eigenvalue weighted by atomic mass is 9.98. The monoisotopic (exact) mass is 991 g/mol. The highest BCUT2D eigenvalue weighted by atomic mass is 79.9. The molecule has 1 aliphatic rings. The molecule has 1 saturated heterocycles. The number of hydrogen-bond donors (Lipinski definition) is 11. The lowest BCUT2D eigenvalue weighted by Gasteiger charge is -2.33. The van der Waals surface area contributed by atoms with Crippen molar-refractivity contribution in [1.82, 2.24) is 47.2 Å². The average Bonchev–Trinajstić information content (AvgIpc) is 3.70. The zero-order valence-electron chi connectivity index (χ0n) is 37.3. The molecule has 0 aliphatic carbocycles. The molecule has 0 aromatic heterocycles. The molecule has 8 atom stereocenters. The van der Waals surface area contributed by atoms with Gasteiger partial charge in [0.05, 0.1) is 24.3 Å². The van der Waals surface area contributed by atoms with Crippen molar-refractivity contribution in [3.63, 3.8) is 0 Å².